The predicted octanol–water partition coefficient (Wildman–Crippen LogP) is 1.38. The lowest BCUT2D eigenvalue weighted by molar-refractivity contribution is 0.171. The highest BCUT2D eigenvalue weighted by molar-refractivity contribution is 7.89. The second-order valence-corrected chi connectivity index (χ2v) is 6.81. The van der Waals surface area contributed by atoms with Crippen molar-refractivity contribution >= 4 is 10.0 Å². The number of ether oxygens (including phenoxy) is 1. The molecule has 1 heterocycles. The van der Waals surface area contributed by atoms with Gasteiger partial charge in [-0.05, 0) is 29.7 Å². The van der Waals surface area contributed by atoms with Crippen molar-refractivity contribution in [3.8, 4) is 0 Å². The minimum atomic E-state index is -3.48. The van der Waals surface area contributed by atoms with Gasteiger partial charge in [0.1, 0.15) is 0 Å². The van der Waals surface area contributed by atoms with Gasteiger partial charge in [0.15, 0.2) is 0 Å². The van der Waals surface area contributed by atoms with Gasteiger partial charge in [0.25, 0.3) is 0 Å². The van der Waals surface area contributed by atoms with Crippen LogP contribution in [0.1, 0.15) is 30.9 Å². The van der Waals surface area contributed by atoms with E-state index in [9.17, 15) is 8.42 Å². The number of nitrogens with one attached hydrogen (secondary N) is 2. The van der Waals surface area contributed by atoms with Gasteiger partial charge in [0, 0.05) is 26.2 Å². The fraction of sp³-hybridized carbons (Fsp3) is 0.571. The Balaban J connectivity index is 2.17. The average Bonchev–Trinajstić information content (AvgIpc) is 2.86. The highest BCUT2D eigenvalue weighted by Crippen LogP contribution is 2.20. The highest BCUT2D eigenvalue weighted by Gasteiger charge is 2.21. The molecule has 1 unspecified atom stereocenters. The van der Waals surface area contributed by atoms with Crippen molar-refractivity contribution < 1.29 is 13.2 Å². The molecule has 0 amide bonds. The second kappa shape index (κ2) is 6.67. The van der Waals surface area contributed by atoms with Crippen molar-refractivity contribution in [3.05, 3.63) is 29.3 Å². The van der Waals surface area contributed by atoms with Crippen molar-refractivity contribution in [2.45, 2.75) is 43.8 Å². The van der Waals surface area contributed by atoms with Crippen LogP contribution < -0.4 is 10.0 Å². The zero-order valence-electron chi connectivity index (χ0n) is 12.0. The zero-order valence-corrected chi connectivity index (χ0v) is 12.8. The van der Waals surface area contributed by atoms with E-state index in [1.165, 1.54) is 5.56 Å². The third kappa shape index (κ3) is 3.58. The number of benzene rings is 1. The van der Waals surface area contributed by atoms with Gasteiger partial charge in [-0.2, -0.15) is 0 Å². The molecule has 0 spiro atoms. The Labute approximate surface area is 120 Å². The maximum absolute atomic E-state index is 12.4. The summed E-state index contributed by atoms with van der Waals surface area (Å²) in [7, 11) is -1.90. The lowest BCUT2D eigenvalue weighted by Crippen LogP contribution is -2.37. The van der Waals surface area contributed by atoms with E-state index < -0.39 is 10.0 Å². The van der Waals surface area contributed by atoms with Crippen LogP contribution in [-0.2, 0) is 27.8 Å². The minimum Gasteiger partial charge on any atom is -0.383 e. The van der Waals surface area contributed by atoms with Crippen LogP contribution in [0.2, 0.25) is 0 Å². The van der Waals surface area contributed by atoms with Crippen LogP contribution in [0.15, 0.2) is 23.1 Å². The Morgan fingerprint density at radius 2 is 2.10 bits per heavy atom. The van der Waals surface area contributed by atoms with Gasteiger partial charge in [-0.3, -0.25) is 0 Å². The molecular formula is C14H22N2O3S. The first-order chi connectivity index (χ1) is 9.56. The standard InChI is InChI=1S/C14H22N2O3S/c1-3-4-13(10-19-2)16-20(17,18)14-6-5-11-8-15-9-12(11)7-14/h5-7,13,15-16H,3-4,8-10H2,1-2H3. The summed E-state index contributed by atoms with van der Waals surface area (Å²) in [5.41, 5.74) is 2.23. The van der Waals surface area contributed by atoms with Crippen LogP contribution >= 0.6 is 0 Å². The van der Waals surface area contributed by atoms with Crippen molar-refractivity contribution in [3.63, 3.8) is 0 Å². The molecule has 1 aromatic rings. The summed E-state index contributed by atoms with van der Waals surface area (Å²) in [5, 5.41) is 3.21. The molecule has 0 radical (unpaired) electrons. The molecule has 1 atom stereocenters. The van der Waals surface area contributed by atoms with E-state index in [0.717, 1.165) is 31.5 Å². The first-order valence-electron chi connectivity index (χ1n) is 6.90. The largest absolute Gasteiger partial charge is 0.383 e. The predicted molar refractivity (Wildman–Crippen MR) is 77.9 cm³/mol. The summed E-state index contributed by atoms with van der Waals surface area (Å²) >= 11 is 0. The number of fused-ring (bicyclic) bond motifs is 1. The van der Waals surface area contributed by atoms with Crippen molar-refractivity contribution in [2.24, 2.45) is 0 Å². The van der Waals surface area contributed by atoms with Crippen LogP contribution in [0.3, 0.4) is 0 Å². The van der Waals surface area contributed by atoms with Crippen LogP contribution in [0, 0.1) is 0 Å². The molecule has 0 aliphatic carbocycles. The minimum absolute atomic E-state index is 0.179. The smallest absolute Gasteiger partial charge is 0.240 e. The number of sulfonamides is 1. The molecule has 112 valence electrons. The molecule has 20 heavy (non-hydrogen) atoms. The normalized spacial score (nSPS) is 16.1. The fourth-order valence-corrected chi connectivity index (χ4v) is 3.76. The number of hydrogen-bond acceptors (Lipinski definition) is 4. The van der Waals surface area contributed by atoms with Gasteiger partial charge >= 0.3 is 0 Å². The molecular weight excluding hydrogens is 276 g/mol. The molecule has 0 saturated carbocycles. The summed E-state index contributed by atoms with van der Waals surface area (Å²) in [6.07, 6.45) is 1.67. The molecule has 0 saturated heterocycles. The second-order valence-electron chi connectivity index (χ2n) is 5.10. The van der Waals surface area contributed by atoms with Gasteiger partial charge in [-0.25, -0.2) is 13.1 Å². The first kappa shape index (κ1) is 15.4. The quantitative estimate of drug-likeness (QED) is 0.798. The van der Waals surface area contributed by atoms with Crippen LogP contribution in [0.5, 0.6) is 0 Å². The lowest BCUT2D eigenvalue weighted by atomic mass is 10.1. The van der Waals surface area contributed by atoms with Gasteiger partial charge < -0.3 is 10.1 Å². The van der Waals surface area contributed by atoms with E-state index in [-0.39, 0.29) is 6.04 Å². The summed E-state index contributed by atoms with van der Waals surface area (Å²) in [6, 6.07) is 5.13. The molecule has 6 heteroatoms. The number of rotatable bonds is 7. The maximum atomic E-state index is 12.4. The van der Waals surface area contributed by atoms with E-state index in [0.29, 0.717) is 11.5 Å². The van der Waals surface area contributed by atoms with E-state index in [2.05, 4.69) is 10.0 Å². The third-order valence-electron chi connectivity index (χ3n) is 3.45. The third-order valence-corrected chi connectivity index (χ3v) is 4.96. The molecule has 0 bridgehead atoms. The Bertz CT molecular complexity index is 552. The molecule has 1 aliphatic heterocycles. The Morgan fingerprint density at radius 3 is 2.80 bits per heavy atom. The van der Waals surface area contributed by atoms with Gasteiger partial charge in [-0.15, -0.1) is 0 Å². The maximum Gasteiger partial charge on any atom is 0.240 e. The van der Waals surface area contributed by atoms with Crippen molar-refractivity contribution in [1.29, 1.82) is 0 Å². The molecule has 0 aromatic heterocycles. The van der Waals surface area contributed by atoms with Crippen molar-refractivity contribution in [1.82, 2.24) is 10.0 Å². The number of hydrogen-bond donors (Lipinski definition) is 2. The van der Waals surface area contributed by atoms with Gasteiger partial charge in [0.2, 0.25) is 10.0 Å². The average molecular weight is 298 g/mol. The van der Waals surface area contributed by atoms with E-state index >= 15 is 0 Å². The molecule has 2 N–H and O–H groups in total. The molecule has 1 aromatic carbocycles. The zero-order chi connectivity index (χ0) is 14.6. The van der Waals surface area contributed by atoms with Crippen LogP contribution in [0.25, 0.3) is 0 Å². The van der Waals surface area contributed by atoms with E-state index in [1.54, 1.807) is 19.2 Å². The molecule has 5 nitrogen and oxygen atoms in total. The summed E-state index contributed by atoms with van der Waals surface area (Å²) < 4.78 is 32.6. The highest BCUT2D eigenvalue weighted by atomic mass is 32.2. The van der Waals surface area contributed by atoms with E-state index in [4.69, 9.17) is 4.74 Å². The van der Waals surface area contributed by atoms with Crippen molar-refractivity contribution in [2.75, 3.05) is 13.7 Å². The van der Waals surface area contributed by atoms with Gasteiger partial charge in [-0.1, -0.05) is 19.4 Å². The lowest BCUT2D eigenvalue weighted by Gasteiger charge is -2.17. The molecule has 2 rings (SSSR count). The van der Waals surface area contributed by atoms with Crippen LogP contribution in [0.4, 0.5) is 0 Å². The Kier molecular flexibility index (Phi) is 5.15. The van der Waals surface area contributed by atoms with E-state index in [1.807, 2.05) is 13.0 Å². The molecule has 1 aliphatic rings. The number of methoxy groups -OCH3 is 1. The molecule has 0 fully saturated rings. The van der Waals surface area contributed by atoms with Gasteiger partial charge in [0.05, 0.1) is 11.5 Å². The summed E-state index contributed by atoms with van der Waals surface area (Å²) in [4.78, 5) is 0.331. The Morgan fingerprint density at radius 1 is 1.35 bits per heavy atom. The SMILES string of the molecule is CCCC(COC)NS(=O)(=O)c1ccc2c(c1)CNC2. The first-order valence-corrected chi connectivity index (χ1v) is 8.39. The van der Waals surface area contributed by atoms with Crippen LogP contribution in [-0.4, -0.2) is 28.2 Å². The topological polar surface area (TPSA) is 67.4 Å². The monoisotopic (exact) mass is 298 g/mol. The fourth-order valence-electron chi connectivity index (χ4n) is 2.45. The summed E-state index contributed by atoms with van der Waals surface area (Å²) in [6.45, 7) is 3.96. The Hall–Kier alpha value is -0.950. The summed E-state index contributed by atoms with van der Waals surface area (Å²) in [5.74, 6) is 0.